The van der Waals surface area contributed by atoms with Crippen molar-refractivity contribution in [2.75, 3.05) is 13.1 Å². The first-order valence-corrected chi connectivity index (χ1v) is 6.15. The van der Waals surface area contributed by atoms with E-state index < -0.39 is 18.2 Å². The molecule has 4 N–H and O–H groups in total. The predicted molar refractivity (Wildman–Crippen MR) is 63.9 cm³/mol. The molecule has 2 heterocycles. The van der Waals surface area contributed by atoms with Crippen LogP contribution in [0.15, 0.2) is 4.63 Å². The van der Waals surface area contributed by atoms with Gasteiger partial charge >= 0.3 is 0 Å². The number of aliphatic hydroxyl groups excluding tert-OH is 2. The summed E-state index contributed by atoms with van der Waals surface area (Å²) >= 11 is 0. The highest BCUT2D eigenvalue weighted by Crippen LogP contribution is 2.13. The molecule has 1 aromatic rings. The molecule has 1 amide bonds. The van der Waals surface area contributed by atoms with Crippen LogP contribution in [0.3, 0.4) is 0 Å². The van der Waals surface area contributed by atoms with E-state index in [0.29, 0.717) is 11.4 Å². The van der Waals surface area contributed by atoms with Crippen LogP contribution < -0.4 is 5.73 Å². The lowest BCUT2D eigenvalue weighted by molar-refractivity contribution is -0.132. The highest BCUT2D eigenvalue weighted by atomic mass is 16.6. The Kier molecular flexibility index (Phi) is 4.13. The smallest absolute Gasteiger partial charge is 0.228 e. The maximum Gasteiger partial charge on any atom is 0.228 e. The minimum Gasteiger partial charge on any atom is -0.391 e. The molecule has 19 heavy (non-hydrogen) atoms. The Labute approximate surface area is 110 Å². The van der Waals surface area contributed by atoms with E-state index in [1.54, 1.807) is 6.92 Å². The number of carbonyl (C=O) groups is 1. The summed E-state index contributed by atoms with van der Waals surface area (Å²) in [5, 5.41) is 26.8. The molecule has 1 fully saturated rings. The standard InChI is InChI=1S/C11H18N4O4/c1-6-9(14-19-13-6)3-11(18)15-4-7(16)2-8(12)10(17)5-15/h7-8,10,16-17H,2-5,12H2,1H3/t7-,8-,10-/m1/s1. The molecule has 0 saturated carbocycles. The van der Waals surface area contributed by atoms with Crippen LogP contribution >= 0.6 is 0 Å². The third kappa shape index (κ3) is 3.28. The quantitative estimate of drug-likeness (QED) is 0.579. The number of rotatable bonds is 2. The van der Waals surface area contributed by atoms with Crippen molar-refractivity contribution in [2.45, 2.75) is 38.0 Å². The summed E-state index contributed by atoms with van der Waals surface area (Å²) in [6.07, 6.45) is -1.26. The molecule has 0 aromatic carbocycles. The first-order valence-electron chi connectivity index (χ1n) is 6.15. The maximum absolute atomic E-state index is 12.1. The zero-order chi connectivity index (χ0) is 14.0. The van der Waals surface area contributed by atoms with E-state index in [0.717, 1.165) is 0 Å². The lowest BCUT2D eigenvalue weighted by Gasteiger charge is -2.23. The molecule has 1 aromatic heterocycles. The summed E-state index contributed by atoms with van der Waals surface area (Å²) in [7, 11) is 0. The number of nitrogens with two attached hydrogens (primary N) is 1. The summed E-state index contributed by atoms with van der Waals surface area (Å²) in [5.41, 5.74) is 6.72. The molecule has 0 aliphatic carbocycles. The van der Waals surface area contributed by atoms with E-state index in [9.17, 15) is 15.0 Å². The fraction of sp³-hybridized carbons (Fsp3) is 0.727. The molecule has 1 saturated heterocycles. The van der Waals surface area contributed by atoms with Crippen molar-refractivity contribution in [3.8, 4) is 0 Å². The lowest BCUT2D eigenvalue weighted by Crippen LogP contribution is -2.43. The Morgan fingerprint density at radius 2 is 2.21 bits per heavy atom. The number of β-amino-alcohol motifs (C(OH)–C–C–N with tert-alkyl or cyclic N) is 2. The van der Waals surface area contributed by atoms with E-state index in [1.807, 2.05) is 0 Å². The molecule has 1 aliphatic rings. The summed E-state index contributed by atoms with van der Waals surface area (Å²) < 4.78 is 4.53. The topological polar surface area (TPSA) is 126 Å². The monoisotopic (exact) mass is 270 g/mol. The Hall–Kier alpha value is -1.51. The highest BCUT2D eigenvalue weighted by molar-refractivity contribution is 5.78. The third-order valence-corrected chi connectivity index (χ3v) is 3.29. The molecule has 106 valence electrons. The Morgan fingerprint density at radius 3 is 2.84 bits per heavy atom. The lowest BCUT2D eigenvalue weighted by atomic mass is 10.1. The van der Waals surface area contributed by atoms with Crippen LogP contribution in [0.1, 0.15) is 17.8 Å². The number of likely N-dealkylation sites (tertiary alicyclic amines) is 1. The van der Waals surface area contributed by atoms with Crippen LogP contribution in [0, 0.1) is 6.92 Å². The fourth-order valence-electron chi connectivity index (χ4n) is 2.10. The summed E-state index contributed by atoms with van der Waals surface area (Å²) in [6, 6.07) is -0.525. The van der Waals surface area contributed by atoms with E-state index in [1.165, 1.54) is 4.90 Å². The molecule has 0 bridgehead atoms. The van der Waals surface area contributed by atoms with Crippen LogP contribution in [-0.2, 0) is 11.2 Å². The molecule has 0 radical (unpaired) electrons. The van der Waals surface area contributed by atoms with Gasteiger partial charge in [0.05, 0.1) is 18.6 Å². The Balaban J connectivity index is 2.03. The number of amides is 1. The van der Waals surface area contributed by atoms with Gasteiger partial charge in [-0.2, -0.15) is 0 Å². The Morgan fingerprint density at radius 1 is 1.47 bits per heavy atom. The van der Waals surface area contributed by atoms with Gasteiger partial charge < -0.3 is 20.8 Å². The van der Waals surface area contributed by atoms with Crippen molar-refractivity contribution in [1.29, 1.82) is 0 Å². The molecule has 0 spiro atoms. The van der Waals surface area contributed by atoms with E-state index >= 15 is 0 Å². The SMILES string of the molecule is Cc1nonc1CC(=O)N1C[C@H](O)C[C@@H](N)[C@H](O)C1. The summed E-state index contributed by atoms with van der Waals surface area (Å²) in [6.45, 7) is 1.97. The summed E-state index contributed by atoms with van der Waals surface area (Å²) in [4.78, 5) is 13.5. The Bertz CT molecular complexity index is 450. The van der Waals surface area contributed by atoms with Gasteiger partial charge in [0.2, 0.25) is 5.91 Å². The predicted octanol–water partition coefficient (Wildman–Crippen LogP) is -1.80. The second-order valence-corrected chi connectivity index (χ2v) is 4.89. The van der Waals surface area contributed by atoms with Gasteiger partial charge in [0, 0.05) is 19.1 Å². The van der Waals surface area contributed by atoms with Crippen molar-refractivity contribution >= 4 is 5.91 Å². The molecular weight excluding hydrogens is 252 g/mol. The van der Waals surface area contributed by atoms with Gasteiger partial charge in [0.25, 0.3) is 0 Å². The average Bonchev–Trinajstić information content (AvgIpc) is 2.67. The van der Waals surface area contributed by atoms with Gasteiger partial charge in [-0.25, -0.2) is 4.63 Å². The minimum atomic E-state index is -0.836. The van der Waals surface area contributed by atoms with Crippen molar-refractivity contribution in [2.24, 2.45) is 5.73 Å². The third-order valence-electron chi connectivity index (χ3n) is 3.29. The number of carbonyl (C=O) groups excluding carboxylic acids is 1. The average molecular weight is 270 g/mol. The normalized spacial score (nSPS) is 28.2. The fourth-order valence-corrected chi connectivity index (χ4v) is 2.10. The van der Waals surface area contributed by atoms with Crippen LogP contribution in [0.25, 0.3) is 0 Å². The molecule has 8 nitrogen and oxygen atoms in total. The largest absolute Gasteiger partial charge is 0.391 e. The molecule has 2 rings (SSSR count). The van der Waals surface area contributed by atoms with Gasteiger partial charge in [0.1, 0.15) is 11.4 Å². The number of aliphatic hydroxyl groups is 2. The minimum absolute atomic E-state index is 0.0318. The maximum atomic E-state index is 12.1. The molecule has 3 atom stereocenters. The van der Waals surface area contributed by atoms with Gasteiger partial charge in [-0.1, -0.05) is 10.3 Å². The summed E-state index contributed by atoms with van der Waals surface area (Å²) in [5.74, 6) is -0.244. The van der Waals surface area contributed by atoms with Gasteiger partial charge in [-0.3, -0.25) is 4.79 Å². The van der Waals surface area contributed by atoms with Gasteiger partial charge in [0.15, 0.2) is 0 Å². The molecular formula is C11H18N4O4. The van der Waals surface area contributed by atoms with Crippen LogP contribution in [0.2, 0.25) is 0 Å². The van der Waals surface area contributed by atoms with E-state index in [-0.39, 0.29) is 31.8 Å². The van der Waals surface area contributed by atoms with E-state index in [4.69, 9.17) is 5.73 Å². The molecule has 8 heteroatoms. The van der Waals surface area contributed by atoms with Crippen LogP contribution in [0.5, 0.6) is 0 Å². The number of aryl methyl sites for hydroxylation is 1. The zero-order valence-corrected chi connectivity index (χ0v) is 10.7. The number of hydrogen-bond donors (Lipinski definition) is 3. The van der Waals surface area contributed by atoms with Crippen LogP contribution in [0.4, 0.5) is 0 Å². The van der Waals surface area contributed by atoms with Crippen molar-refractivity contribution in [3.05, 3.63) is 11.4 Å². The van der Waals surface area contributed by atoms with Gasteiger partial charge in [-0.15, -0.1) is 0 Å². The van der Waals surface area contributed by atoms with Crippen LogP contribution in [-0.4, -0.2) is 62.7 Å². The zero-order valence-electron chi connectivity index (χ0n) is 10.7. The first kappa shape index (κ1) is 13.9. The van der Waals surface area contributed by atoms with Crippen molar-refractivity contribution in [1.82, 2.24) is 15.2 Å². The van der Waals surface area contributed by atoms with Crippen molar-refractivity contribution < 1.29 is 19.6 Å². The second kappa shape index (κ2) is 5.64. The van der Waals surface area contributed by atoms with E-state index in [2.05, 4.69) is 14.9 Å². The number of aromatic nitrogens is 2. The van der Waals surface area contributed by atoms with Gasteiger partial charge in [-0.05, 0) is 13.3 Å². The second-order valence-electron chi connectivity index (χ2n) is 4.89. The number of nitrogens with zero attached hydrogens (tertiary/aromatic N) is 3. The molecule has 1 aliphatic heterocycles. The van der Waals surface area contributed by atoms with Crippen molar-refractivity contribution in [3.63, 3.8) is 0 Å². The first-order chi connectivity index (χ1) is 8.97. The molecule has 0 unspecified atom stereocenters. The highest BCUT2D eigenvalue weighted by Gasteiger charge is 2.30. The number of hydrogen-bond acceptors (Lipinski definition) is 7.